The molecule has 2 heterocycles. The average molecular weight is 282 g/mol. The highest BCUT2D eigenvalue weighted by molar-refractivity contribution is 14.1. The zero-order valence-electron chi connectivity index (χ0n) is 7.22. The Kier molecular flexibility index (Phi) is 2.92. The van der Waals surface area contributed by atoms with E-state index in [1.165, 1.54) is 25.7 Å². The molecule has 2 atom stereocenters. The standard InChI is InChI=1S/C9H15IO2/c10-6-8-2-4-9(12-8)3-1-5-11-7-9/h8H,1-7H2. The summed E-state index contributed by atoms with van der Waals surface area (Å²) in [6.45, 7) is 1.76. The Morgan fingerprint density at radius 1 is 1.42 bits per heavy atom. The van der Waals surface area contributed by atoms with Gasteiger partial charge >= 0.3 is 0 Å². The molecule has 1 spiro atoms. The summed E-state index contributed by atoms with van der Waals surface area (Å²) in [5.41, 5.74) is 0.119. The van der Waals surface area contributed by atoms with E-state index < -0.39 is 0 Å². The first-order valence-corrected chi connectivity index (χ1v) is 6.19. The molecule has 0 N–H and O–H groups in total. The molecule has 0 saturated carbocycles. The lowest BCUT2D eigenvalue weighted by Crippen LogP contribution is -2.38. The van der Waals surface area contributed by atoms with Gasteiger partial charge in [-0.1, -0.05) is 22.6 Å². The molecule has 3 heteroatoms. The second-order valence-electron chi connectivity index (χ2n) is 3.77. The number of rotatable bonds is 1. The van der Waals surface area contributed by atoms with Crippen molar-refractivity contribution in [3.8, 4) is 0 Å². The summed E-state index contributed by atoms with van der Waals surface area (Å²) < 4.78 is 12.6. The van der Waals surface area contributed by atoms with Gasteiger partial charge in [0, 0.05) is 11.0 Å². The summed E-state index contributed by atoms with van der Waals surface area (Å²) in [6.07, 6.45) is 5.31. The van der Waals surface area contributed by atoms with Gasteiger partial charge in [0.15, 0.2) is 0 Å². The summed E-state index contributed by atoms with van der Waals surface area (Å²) in [5.74, 6) is 0. The highest BCUT2D eigenvalue weighted by Crippen LogP contribution is 2.37. The van der Waals surface area contributed by atoms with E-state index in [-0.39, 0.29) is 5.60 Å². The first kappa shape index (κ1) is 9.21. The minimum Gasteiger partial charge on any atom is -0.378 e. The molecule has 0 aromatic heterocycles. The molecule has 70 valence electrons. The van der Waals surface area contributed by atoms with Gasteiger partial charge in [-0.05, 0) is 25.7 Å². The Balaban J connectivity index is 1.94. The SMILES string of the molecule is ICC1CCC2(CCCOC2)O1. The molecule has 2 unspecified atom stereocenters. The van der Waals surface area contributed by atoms with Crippen molar-refractivity contribution in [3.05, 3.63) is 0 Å². The number of alkyl halides is 1. The smallest absolute Gasteiger partial charge is 0.0920 e. The van der Waals surface area contributed by atoms with Gasteiger partial charge in [0.25, 0.3) is 0 Å². The van der Waals surface area contributed by atoms with Crippen molar-refractivity contribution in [2.75, 3.05) is 17.6 Å². The molecule has 0 aromatic rings. The van der Waals surface area contributed by atoms with E-state index in [0.717, 1.165) is 17.6 Å². The predicted octanol–water partition coefficient (Wildman–Crippen LogP) is 2.15. The molecule has 12 heavy (non-hydrogen) atoms. The van der Waals surface area contributed by atoms with Gasteiger partial charge in [0.05, 0.1) is 18.3 Å². The minimum atomic E-state index is 0.119. The fourth-order valence-electron chi connectivity index (χ4n) is 2.12. The van der Waals surface area contributed by atoms with Gasteiger partial charge in [-0.15, -0.1) is 0 Å². The molecule has 0 aliphatic carbocycles. The molecule has 2 saturated heterocycles. The molecule has 0 amide bonds. The summed E-state index contributed by atoms with van der Waals surface area (Å²) >= 11 is 2.40. The molecule has 2 nitrogen and oxygen atoms in total. The molecule has 0 radical (unpaired) electrons. The molecule has 2 aliphatic rings. The molecular weight excluding hydrogens is 267 g/mol. The lowest BCUT2D eigenvalue weighted by molar-refractivity contribution is -0.115. The van der Waals surface area contributed by atoms with Crippen LogP contribution in [-0.4, -0.2) is 29.3 Å². The minimum absolute atomic E-state index is 0.119. The van der Waals surface area contributed by atoms with E-state index in [1.54, 1.807) is 0 Å². The maximum Gasteiger partial charge on any atom is 0.0920 e. The van der Waals surface area contributed by atoms with Crippen molar-refractivity contribution in [3.63, 3.8) is 0 Å². The molecule has 2 aliphatic heterocycles. The Morgan fingerprint density at radius 2 is 2.33 bits per heavy atom. The second kappa shape index (κ2) is 3.80. The topological polar surface area (TPSA) is 18.5 Å². The van der Waals surface area contributed by atoms with Crippen LogP contribution < -0.4 is 0 Å². The van der Waals surface area contributed by atoms with Crippen LogP contribution in [0.15, 0.2) is 0 Å². The highest BCUT2D eigenvalue weighted by atomic mass is 127. The lowest BCUT2D eigenvalue weighted by atomic mass is 9.93. The van der Waals surface area contributed by atoms with Crippen molar-refractivity contribution in [1.82, 2.24) is 0 Å². The third-order valence-electron chi connectivity index (χ3n) is 2.80. The van der Waals surface area contributed by atoms with E-state index in [4.69, 9.17) is 9.47 Å². The Hall–Kier alpha value is 0.650. The van der Waals surface area contributed by atoms with Crippen LogP contribution in [0.1, 0.15) is 25.7 Å². The van der Waals surface area contributed by atoms with E-state index in [1.807, 2.05) is 0 Å². The van der Waals surface area contributed by atoms with Crippen LogP contribution in [0.5, 0.6) is 0 Å². The Bertz CT molecular complexity index is 155. The third-order valence-corrected chi connectivity index (χ3v) is 3.78. The average Bonchev–Trinajstić information content (AvgIpc) is 2.50. The summed E-state index contributed by atoms with van der Waals surface area (Å²) in [6, 6.07) is 0. The van der Waals surface area contributed by atoms with Crippen LogP contribution in [0.25, 0.3) is 0 Å². The van der Waals surface area contributed by atoms with Crippen molar-refractivity contribution in [2.24, 2.45) is 0 Å². The van der Waals surface area contributed by atoms with Gasteiger partial charge in [-0.3, -0.25) is 0 Å². The van der Waals surface area contributed by atoms with Gasteiger partial charge < -0.3 is 9.47 Å². The number of hydrogen-bond donors (Lipinski definition) is 0. The van der Waals surface area contributed by atoms with E-state index in [2.05, 4.69) is 22.6 Å². The Labute approximate surface area is 87.1 Å². The molecule has 0 bridgehead atoms. The largest absolute Gasteiger partial charge is 0.378 e. The van der Waals surface area contributed by atoms with E-state index in [9.17, 15) is 0 Å². The zero-order chi connectivity index (χ0) is 8.44. The number of ether oxygens (including phenoxy) is 2. The second-order valence-corrected chi connectivity index (χ2v) is 4.65. The maximum atomic E-state index is 6.01. The van der Waals surface area contributed by atoms with Crippen LogP contribution in [0.2, 0.25) is 0 Å². The van der Waals surface area contributed by atoms with Crippen molar-refractivity contribution in [2.45, 2.75) is 37.4 Å². The normalized spacial score (nSPS) is 42.2. The molecule has 0 aromatic carbocycles. The van der Waals surface area contributed by atoms with Gasteiger partial charge in [-0.2, -0.15) is 0 Å². The van der Waals surface area contributed by atoms with Crippen LogP contribution in [0, 0.1) is 0 Å². The first-order chi connectivity index (χ1) is 5.85. The predicted molar refractivity (Wildman–Crippen MR) is 55.8 cm³/mol. The maximum absolute atomic E-state index is 6.01. The zero-order valence-corrected chi connectivity index (χ0v) is 9.38. The van der Waals surface area contributed by atoms with Crippen LogP contribution in [0.3, 0.4) is 0 Å². The van der Waals surface area contributed by atoms with E-state index in [0.29, 0.717) is 6.10 Å². The van der Waals surface area contributed by atoms with Crippen LogP contribution >= 0.6 is 22.6 Å². The van der Waals surface area contributed by atoms with Crippen molar-refractivity contribution >= 4 is 22.6 Å². The van der Waals surface area contributed by atoms with Gasteiger partial charge in [0.1, 0.15) is 0 Å². The summed E-state index contributed by atoms with van der Waals surface area (Å²) in [5, 5.41) is 0. The monoisotopic (exact) mass is 282 g/mol. The lowest BCUT2D eigenvalue weighted by Gasteiger charge is -2.32. The van der Waals surface area contributed by atoms with Crippen LogP contribution in [0.4, 0.5) is 0 Å². The molecular formula is C9H15IO2. The summed E-state index contributed by atoms with van der Waals surface area (Å²) in [7, 11) is 0. The molecule has 2 fully saturated rings. The Morgan fingerprint density at radius 3 is 2.92 bits per heavy atom. The fraction of sp³-hybridized carbons (Fsp3) is 1.00. The number of halogens is 1. The summed E-state index contributed by atoms with van der Waals surface area (Å²) in [4.78, 5) is 0. The third kappa shape index (κ3) is 1.77. The highest BCUT2D eigenvalue weighted by Gasteiger charge is 2.41. The molecule has 2 rings (SSSR count). The fourth-order valence-corrected chi connectivity index (χ4v) is 2.74. The van der Waals surface area contributed by atoms with Crippen LogP contribution in [-0.2, 0) is 9.47 Å². The van der Waals surface area contributed by atoms with E-state index >= 15 is 0 Å². The van der Waals surface area contributed by atoms with Crippen molar-refractivity contribution < 1.29 is 9.47 Å². The van der Waals surface area contributed by atoms with Gasteiger partial charge in [0.2, 0.25) is 0 Å². The van der Waals surface area contributed by atoms with Crippen molar-refractivity contribution in [1.29, 1.82) is 0 Å². The number of hydrogen-bond acceptors (Lipinski definition) is 2. The van der Waals surface area contributed by atoms with Gasteiger partial charge in [-0.25, -0.2) is 0 Å². The first-order valence-electron chi connectivity index (χ1n) is 4.66. The quantitative estimate of drug-likeness (QED) is 0.542.